The van der Waals surface area contributed by atoms with Gasteiger partial charge in [0.05, 0.1) is 5.92 Å². The van der Waals surface area contributed by atoms with Gasteiger partial charge in [0.25, 0.3) is 0 Å². The zero-order valence-electron chi connectivity index (χ0n) is 11.2. The van der Waals surface area contributed by atoms with Gasteiger partial charge in [-0.05, 0) is 26.9 Å². The maximum Gasteiger partial charge on any atom is 0.237 e. The molecule has 1 aliphatic rings. The first-order valence-corrected chi connectivity index (χ1v) is 6.67. The van der Waals surface area contributed by atoms with Crippen molar-refractivity contribution in [2.75, 3.05) is 20.6 Å². The lowest BCUT2D eigenvalue weighted by Gasteiger charge is -2.07. The molecule has 0 N–H and O–H groups in total. The number of nitrogens with zero attached hydrogens (tertiary/aromatic N) is 3. The highest BCUT2D eigenvalue weighted by atomic mass is 16.5. The van der Waals surface area contributed by atoms with Gasteiger partial charge in [0.2, 0.25) is 5.89 Å². The van der Waals surface area contributed by atoms with Gasteiger partial charge in [-0.25, -0.2) is 0 Å². The first kappa shape index (κ1) is 13.2. The van der Waals surface area contributed by atoms with Crippen molar-refractivity contribution in [1.82, 2.24) is 15.0 Å². The fourth-order valence-corrected chi connectivity index (χ4v) is 2.26. The van der Waals surface area contributed by atoms with E-state index in [1.54, 1.807) is 0 Å². The highest BCUT2D eigenvalue weighted by molar-refractivity contribution is 5.84. The van der Waals surface area contributed by atoms with Gasteiger partial charge in [0, 0.05) is 19.4 Å². The van der Waals surface area contributed by atoms with Crippen molar-refractivity contribution in [1.29, 1.82) is 0 Å². The summed E-state index contributed by atoms with van der Waals surface area (Å²) in [5.74, 6) is 1.33. The Morgan fingerprint density at radius 3 is 2.94 bits per heavy atom. The topological polar surface area (TPSA) is 59.2 Å². The van der Waals surface area contributed by atoms with E-state index in [-0.39, 0.29) is 11.7 Å². The SMILES string of the molecule is CN(C)CCc1noc(C2CCCCCC2=O)n1. The molecule has 0 aromatic carbocycles. The van der Waals surface area contributed by atoms with Crippen LogP contribution in [0.5, 0.6) is 0 Å². The van der Waals surface area contributed by atoms with E-state index < -0.39 is 0 Å². The fraction of sp³-hybridized carbons (Fsp3) is 0.769. The van der Waals surface area contributed by atoms with Crippen LogP contribution in [0.1, 0.15) is 49.7 Å². The minimum absolute atomic E-state index is 0.159. The minimum atomic E-state index is -0.159. The van der Waals surface area contributed by atoms with Gasteiger partial charge in [-0.2, -0.15) is 4.98 Å². The average molecular weight is 251 g/mol. The Balaban J connectivity index is 2.01. The molecule has 0 spiro atoms. The predicted octanol–water partition coefficient (Wildman–Crippen LogP) is 1.79. The molecule has 2 rings (SSSR count). The largest absolute Gasteiger partial charge is 0.339 e. The van der Waals surface area contributed by atoms with Crippen molar-refractivity contribution in [2.45, 2.75) is 44.4 Å². The summed E-state index contributed by atoms with van der Waals surface area (Å²) < 4.78 is 5.26. The lowest BCUT2D eigenvalue weighted by molar-refractivity contribution is -0.120. The van der Waals surface area contributed by atoms with Gasteiger partial charge < -0.3 is 9.42 Å². The molecule has 0 aliphatic heterocycles. The monoisotopic (exact) mass is 251 g/mol. The van der Waals surface area contributed by atoms with E-state index in [1.807, 2.05) is 14.1 Å². The second kappa shape index (κ2) is 6.09. The van der Waals surface area contributed by atoms with Gasteiger partial charge in [0.1, 0.15) is 5.78 Å². The third-order valence-corrected chi connectivity index (χ3v) is 3.37. The number of carbonyl (C=O) groups excluding carboxylic acids is 1. The quantitative estimate of drug-likeness (QED) is 0.763. The van der Waals surface area contributed by atoms with E-state index in [2.05, 4.69) is 15.0 Å². The first-order chi connectivity index (χ1) is 8.66. The van der Waals surface area contributed by atoms with Gasteiger partial charge in [-0.1, -0.05) is 18.0 Å². The molecule has 1 atom stereocenters. The Morgan fingerprint density at radius 2 is 2.17 bits per heavy atom. The Morgan fingerprint density at radius 1 is 1.33 bits per heavy atom. The zero-order chi connectivity index (χ0) is 13.0. The number of aromatic nitrogens is 2. The van der Waals surface area contributed by atoms with Gasteiger partial charge in [-0.3, -0.25) is 4.79 Å². The normalized spacial score (nSPS) is 21.3. The third-order valence-electron chi connectivity index (χ3n) is 3.37. The standard InChI is InChI=1S/C13H21N3O2/c1-16(2)9-8-12-14-13(18-15-12)10-6-4-3-5-7-11(10)17/h10H,3-9H2,1-2H3. The summed E-state index contributed by atoms with van der Waals surface area (Å²) in [5.41, 5.74) is 0. The van der Waals surface area contributed by atoms with E-state index in [0.717, 1.165) is 38.6 Å². The molecule has 100 valence electrons. The van der Waals surface area contributed by atoms with Crippen molar-refractivity contribution in [2.24, 2.45) is 0 Å². The van der Waals surface area contributed by atoms with Crippen LogP contribution in [0.2, 0.25) is 0 Å². The first-order valence-electron chi connectivity index (χ1n) is 6.67. The molecule has 5 heteroatoms. The van der Waals surface area contributed by atoms with E-state index in [0.29, 0.717) is 18.1 Å². The fourth-order valence-electron chi connectivity index (χ4n) is 2.26. The maximum absolute atomic E-state index is 12.0. The highest BCUT2D eigenvalue weighted by Gasteiger charge is 2.27. The van der Waals surface area contributed by atoms with Gasteiger partial charge >= 0.3 is 0 Å². The molecule has 0 amide bonds. The van der Waals surface area contributed by atoms with Crippen LogP contribution in [0.3, 0.4) is 0 Å². The van der Waals surface area contributed by atoms with Crippen LogP contribution in [0.25, 0.3) is 0 Å². The molecule has 1 heterocycles. The lowest BCUT2D eigenvalue weighted by Crippen LogP contribution is -2.16. The summed E-state index contributed by atoms with van der Waals surface area (Å²) in [6, 6.07) is 0. The summed E-state index contributed by atoms with van der Waals surface area (Å²) in [6.07, 6.45) is 5.47. The van der Waals surface area contributed by atoms with Crippen LogP contribution in [0.4, 0.5) is 0 Å². The number of hydrogen-bond donors (Lipinski definition) is 0. The second-order valence-corrected chi connectivity index (χ2v) is 5.22. The molecule has 1 aromatic heterocycles. The molecule has 0 radical (unpaired) electrons. The van der Waals surface area contributed by atoms with Crippen molar-refractivity contribution in [3.63, 3.8) is 0 Å². The number of Topliss-reactive ketones (excluding diaryl/α,β-unsaturated/α-hetero) is 1. The highest BCUT2D eigenvalue weighted by Crippen LogP contribution is 2.27. The molecule has 0 saturated heterocycles. The van der Waals surface area contributed by atoms with Crippen molar-refractivity contribution in [3.8, 4) is 0 Å². The summed E-state index contributed by atoms with van der Waals surface area (Å²) >= 11 is 0. The summed E-state index contributed by atoms with van der Waals surface area (Å²) in [4.78, 5) is 18.4. The number of rotatable bonds is 4. The minimum Gasteiger partial charge on any atom is -0.339 e. The van der Waals surface area contributed by atoms with E-state index in [4.69, 9.17) is 4.52 Å². The lowest BCUT2D eigenvalue weighted by atomic mass is 9.99. The Labute approximate surface area is 108 Å². The predicted molar refractivity (Wildman–Crippen MR) is 67.4 cm³/mol. The van der Waals surface area contributed by atoms with Crippen molar-refractivity contribution >= 4 is 5.78 Å². The molecule has 1 unspecified atom stereocenters. The molecule has 1 fully saturated rings. The van der Waals surface area contributed by atoms with Crippen LogP contribution in [0.15, 0.2) is 4.52 Å². The molecule has 0 bridgehead atoms. The van der Waals surface area contributed by atoms with Crippen LogP contribution in [-0.2, 0) is 11.2 Å². The number of ketones is 1. The smallest absolute Gasteiger partial charge is 0.237 e. The van der Waals surface area contributed by atoms with Crippen molar-refractivity contribution < 1.29 is 9.32 Å². The summed E-state index contributed by atoms with van der Waals surface area (Å²) in [5, 5.41) is 3.96. The number of likely N-dealkylation sites (N-methyl/N-ethyl adjacent to an activating group) is 1. The number of carbonyl (C=O) groups is 1. The molecule has 5 nitrogen and oxygen atoms in total. The Kier molecular flexibility index (Phi) is 4.47. The van der Waals surface area contributed by atoms with Gasteiger partial charge in [-0.15, -0.1) is 0 Å². The Bertz CT molecular complexity index is 401. The van der Waals surface area contributed by atoms with Crippen LogP contribution >= 0.6 is 0 Å². The number of hydrogen-bond acceptors (Lipinski definition) is 5. The molecule has 18 heavy (non-hydrogen) atoms. The summed E-state index contributed by atoms with van der Waals surface area (Å²) in [7, 11) is 4.02. The van der Waals surface area contributed by atoms with Gasteiger partial charge in [0.15, 0.2) is 5.82 Å². The van der Waals surface area contributed by atoms with Crippen LogP contribution in [-0.4, -0.2) is 41.5 Å². The summed E-state index contributed by atoms with van der Waals surface area (Å²) in [6.45, 7) is 0.886. The van der Waals surface area contributed by atoms with E-state index >= 15 is 0 Å². The molecular weight excluding hydrogens is 230 g/mol. The van der Waals surface area contributed by atoms with E-state index in [9.17, 15) is 4.79 Å². The zero-order valence-corrected chi connectivity index (χ0v) is 11.2. The van der Waals surface area contributed by atoms with E-state index in [1.165, 1.54) is 0 Å². The average Bonchev–Trinajstić information content (AvgIpc) is 2.69. The maximum atomic E-state index is 12.0. The molecular formula is C13H21N3O2. The third kappa shape index (κ3) is 3.38. The molecule has 1 aromatic rings. The second-order valence-electron chi connectivity index (χ2n) is 5.22. The molecule has 1 aliphatic carbocycles. The van der Waals surface area contributed by atoms with Crippen molar-refractivity contribution in [3.05, 3.63) is 11.7 Å². The van der Waals surface area contributed by atoms with Crippen LogP contribution < -0.4 is 0 Å². The molecule has 1 saturated carbocycles. The Hall–Kier alpha value is -1.23. The van der Waals surface area contributed by atoms with Crippen LogP contribution in [0, 0.1) is 0 Å².